The number of hydrogen-bond donors (Lipinski definition) is 7. The Kier molecular flexibility index (Phi) is 12.9. The summed E-state index contributed by atoms with van der Waals surface area (Å²) in [4.78, 5) is 26.9. The number of ketones is 1. The van der Waals surface area contributed by atoms with E-state index in [-0.39, 0.29) is 28.6 Å². The molecule has 0 aromatic heterocycles. The zero-order valence-electron chi connectivity index (χ0n) is 36.2. The van der Waals surface area contributed by atoms with Gasteiger partial charge in [0.1, 0.15) is 42.4 Å². The van der Waals surface area contributed by atoms with E-state index in [1.807, 2.05) is 0 Å². The lowest BCUT2D eigenvalue weighted by atomic mass is 9.38. The van der Waals surface area contributed by atoms with Gasteiger partial charge in [0.15, 0.2) is 18.7 Å². The highest BCUT2D eigenvalue weighted by Gasteiger charge is 2.70. The topological polar surface area (TPSA) is 222 Å². The number of carbonyl (C=O) groups excluding carboxylic acids is 2. The van der Waals surface area contributed by atoms with Gasteiger partial charge in [-0.3, -0.25) is 9.59 Å². The fourth-order valence-corrected chi connectivity index (χ4v) is 12.7. The van der Waals surface area contributed by atoms with Gasteiger partial charge in [-0.15, -0.1) is 0 Å². The Morgan fingerprint density at radius 2 is 1.59 bits per heavy atom. The number of esters is 1. The molecule has 0 aromatic carbocycles. The fourth-order valence-electron chi connectivity index (χ4n) is 12.7. The van der Waals surface area contributed by atoms with Gasteiger partial charge >= 0.3 is 5.97 Å². The number of rotatable bonds is 11. The molecule has 2 aliphatic heterocycles. The zero-order chi connectivity index (χ0) is 43.1. The SMILES string of the molecule is CC(=O)O[C@@H]1[C@@H](O)[C@@H](O[C@H]2O[C@H](CO)[C@@H](O)[C@H](O)[C@H]2O)[C@H](O[C@H]2CC[C@@H]3C(=CC[C@@H]4[C@@]3(C)C(=O)C[C@]3(C)[C@@H]([C@H](C)CC[C@@H](O)C(C)(C)O)CC[C@@]43C)C2(C)C)O[C@@H]1C. The van der Waals surface area contributed by atoms with Crippen molar-refractivity contribution in [2.75, 3.05) is 6.61 Å². The standard InChI is InChI=1S/C44H72O14/c1-21(11-15-29(47)41(6,7)53)24-17-18-42(8)28-14-12-25-26(44(28,10)30(48)19-43(24,42)9)13-16-31(40(25,4)5)57-39-37(35(52)36(22(2)54-39)55-23(3)46)58-38-34(51)33(50)32(49)27(20-45)56-38/h12,21-22,24,26-29,31-39,45,47,49-53H,11,13-20H2,1-10H3/t21-,22-,24-,26-,27-,28+,29-,31+,32-,33+,34-,35-,36+,37-,38-,39+,42+,43-,44+/m1/s1. The summed E-state index contributed by atoms with van der Waals surface area (Å²) in [5.74, 6) is 0.369. The van der Waals surface area contributed by atoms with Gasteiger partial charge in [-0.05, 0) is 100 Å². The zero-order valence-corrected chi connectivity index (χ0v) is 36.2. The summed E-state index contributed by atoms with van der Waals surface area (Å²) in [5.41, 5.74) is -1.48. The molecule has 2 heterocycles. The highest BCUT2D eigenvalue weighted by molar-refractivity contribution is 5.88. The van der Waals surface area contributed by atoms with Crippen molar-refractivity contribution in [3.63, 3.8) is 0 Å². The van der Waals surface area contributed by atoms with Crippen LogP contribution in [0, 0.1) is 45.3 Å². The lowest BCUT2D eigenvalue weighted by molar-refractivity contribution is -0.372. The molecule has 4 aliphatic carbocycles. The molecular formula is C44H72O14. The third-order valence-electron chi connectivity index (χ3n) is 16.5. The van der Waals surface area contributed by atoms with E-state index in [0.717, 1.165) is 31.3 Å². The molecule has 0 bridgehead atoms. The van der Waals surface area contributed by atoms with Gasteiger partial charge in [-0.2, -0.15) is 0 Å². The molecule has 2 saturated heterocycles. The van der Waals surface area contributed by atoms with Crippen LogP contribution < -0.4 is 0 Å². The van der Waals surface area contributed by atoms with E-state index >= 15 is 0 Å². The Bertz CT molecular complexity index is 1540. The molecule has 3 saturated carbocycles. The quantitative estimate of drug-likeness (QED) is 0.118. The number of aliphatic hydroxyl groups is 7. The second-order valence-electron chi connectivity index (χ2n) is 20.6. The third-order valence-corrected chi connectivity index (χ3v) is 16.5. The molecule has 14 heteroatoms. The number of ether oxygens (including phenoxy) is 5. The predicted molar refractivity (Wildman–Crippen MR) is 209 cm³/mol. The number of Topliss-reactive ketones (excluding diaryl/α,β-unsaturated/α-hetero) is 1. The van der Waals surface area contributed by atoms with Crippen molar-refractivity contribution in [3.05, 3.63) is 11.6 Å². The molecule has 0 radical (unpaired) electrons. The molecular weight excluding hydrogens is 752 g/mol. The number of hydrogen-bond acceptors (Lipinski definition) is 14. The van der Waals surface area contributed by atoms with Crippen LogP contribution in [-0.4, -0.2) is 133 Å². The maximum absolute atomic E-state index is 14.9. The van der Waals surface area contributed by atoms with Gasteiger partial charge in [0.2, 0.25) is 0 Å². The highest BCUT2D eigenvalue weighted by Crippen LogP contribution is 2.74. The normalized spacial score (nSPS) is 47.6. The van der Waals surface area contributed by atoms with E-state index in [1.165, 1.54) is 6.92 Å². The van der Waals surface area contributed by atoms with Crippen LogP contribution >= 0.6 is 0 Å². The van der Waals surface area contributed by atoms with Crippen molar-refractivity contribution >= 4 is 11.8 Å². The van der Waals surface area contributed by atoms with Crippen molar-refractivity contribution < 1.29 is 69.0 Å². The summed E-state index contributed by atoms with van der Waals surface area (Å²) >= 11 is 0. The first-order valence-electron chi connectivity index (χ1n) is 21.6. The highest BCUT2D eigenvalue weighted by atomic mass is 16.8. The molecule has 19 atom stereocenters. The minimum Gasteiger partial charge on any atom is -0.457 e. The average molecular weight is 825 g/mol. The molecule has 6 aliphatic rings. The van der Waals surface area contributed by atoms with E-state index < -0.39 is 103 Å². The summed E-state index contributed by atoms with van der Waals surface area (Å²) in [6, 6.07) is 0. The van der Waals surface area contributed by atoms with Gasteiger partial charge in [0.25, 0.3) is 0 Å². The second kappa shape index (κ2) is 16.3. The van der Waals surface area contributed by atoms with Crippen molar-refractivity contribution in [1.29, 1.82) is 0 Å². The van der Waals surface area contributed by atoms with Gasteiger partial charge < -0.3 is 59.4 Å². The summed E-state index contributed by atoms with van der Waals surface area (Å²) in [5, 5.41) is 74.0. The summed E-state index contributed by atoms with van der Waals surface area (Å²) in [7, 11) is 0. The number of aliphatic hydroxyl groups excluding tert-OH is 6. The summed E-state index contributed by atoms with van der Waals surface area (Å²) in [6.45, 7) is 18.8. The number of fused-ring (bicyclic) bond motifs is 5. The molecule has 58 heavy (non-hydrogen) atoms. The second-order valence-corrected chi connectivity index (χ2v) is 20.6. The van der Waals surface area contributed by atoms with E-state index in [1.54, 1.807) is 20.8 Å². The molecule has 0 unspecified atom stereocenters. The van der Waals surface area contributed by atoms with Crippen LogP contribution in [0.2, 0.25) is 0 Å². The fraction of sp³-hybridized carbons (Fsp3) is 0.909. The first-order chi connectivity index (χ1) is 26.8. The summed E-state index contributed by atoms with van der Waals surface area (Å²) in [6.07, 6.45) is -7.27. The van der Waals surface area contributed by atoms with Crippen LogP contribution in [-0.2, 0) is 33.3 Å². The Labute approximate surface area is 343 Å². The van der Waals surface area contributed by atoms with E-state index in [0.29, 0.717) is 37.4 Å². The maximum atomic E-state index is 14.9. The Balaban J connectivity index is 1.24. The van der Waals surface area contributed by atoms with Gasteiger partial charge in [0, 0.05) is 24.2 Å². The largest absolute Gasteiger partial charge is 0.457 e. The molecule has 5 fully saturated rings. The molecule has 0 spiro atoms. The lowest BCUT2D eigenvalue weighted by Gasteiger charge is -2.65. The minimum absolute atomic E-state index is 0.0142. The number of carbonyl (C=O) groups is 2. The van der Waals surface area contributed by atoms with Crippen LogP contribution in [0.3, 0.4) is 0 Å². The lowest BCUT2D eigenvalue weighted by Crippen LogP contribution is -2.65. The van der Waals surface area contributed by atoms with E-state index in [4.69, 9.17) is 23.7 Å². The number of allylic oxidation sites excluding steroid dienone is 1. The van der Waals surface area contributed by atoms with E-state index in [9.17, 15) is 45.3 Å². The van der Waals surface area contributed by atoms with E-state index in [2.05, 4.69) is 47.6 Å². The first-order valence-corrected chi connectivity index (χ1v) is 21.6. The molecule has 14 nitrogen and oxygen atoms in total. The summed E-state index contributed by atoms with van der Waals surface area (Å²) < 4.78 is 30.2. The molecule has 0 aromatic rings. The Morgan fingerprint density at radius 3 is 2.21 bits per heavy atom. The molecule has 0 amide bonds. The van der Waals surface area contributed by atoms with Crippen LogP contribution in [0.5, 0.6) is 0 Å². The van der Waals surface area contributed by atoms with Gasteiger partial charge in [-0.1, -0.05) is 53.2 Å². The van der Waals surface area contributed by atoms with Crippen LogP contribution in [0.15, 0.2) is 11.6 Å². The Morgan fingerprint density at radius 1 is 0.914 bits per heavy atom. The minimum atomic E-state index is -1.76. The van der Waals surface area contributed by atoms with Crippen molar-refractivity contribution in [2.45, 2.75) is 200 Å². The monoisotopic (exact) mass is 824 g/mol. The van der Waals surface area contributed by atoms with Crippen LogP contribution in [0.25, 0.3) is 0 Å². The predicted octanol–water partition coefficient (Wildman–Crippen LogP) is 2.93. The van der Waals surface area contributed by atoms with Crippen LogP contribution in [0.1, 0.15) is 121 Å². The first kappa shape index (κ1) is 46.0. The Hall–Kier alpha value is -1.56. The van der Waals surface area contributed by atoms with Crippen LogP contribution in [0.4, 0.5) is 0 Å². The van der Waals surface area contributed by atoms with Gasteiger partial charge in [0.05, 0.1) is 30.5 Å². The van der Waals surface area contributed by atoms with Crippen molar-refractivity contribution in [1.82, 2.24) is 0 Å². The van der Waals surface area contributed by atoms with Gasteiger partial charge in [-0.25, -0.2) is 0 Å². The third kappa shape index (κ3) is 7.56. The average Bonchev–Trinajstić information content (AvgIpc) is 3.41. The van der Waals surface area contributed by atoms with Crippen molar-refractivity contribution in [2.24, 2.45) is 45.3 Å². The molecule has 332 valence electrons. The maximum Gasteiger partial charge on any atom is 0.303 e. The molecule has 7 N–H and O–H groups in total. The molecule has 6 rings (SSSR count). The smallest absolute Gasteiger partial charge is 0.303 e. The van der Waals surface area contributed by atoms with Crippen molar-refractivity contribution in [3.8, 4) is 0 Å².